The Morgan fingerprint density at radius 3 is 2.50 bits per heavy atom. The molecule has 1 heterocycles. The molecular formula is C16H18N2O2. The van der Waals surface area contributed by atoms with Gasteiger partial charge in [0.1, 0.15) is 0 Å². The molecule has 4 heteroatoms. The summed E-state index contributed by atoms with van der Waals surface area (Å²) in [5.41, 5.74) is 1.57. The van der Waals surface area contributed by atoms with E-state index < -0.39 is 11.1 Å². The standard InChI is InChI=1S/C16H18N2O2/c1-4-13-7-5-6-8-14(13)18-10-9-17(11-12(2)3)15(19)16(18)20/h5-10H,2,4,11H2,1,3H3. The molecule has 0 N–H and O–H groups in total. The van der Waals surface area contributed by atoms with Crippen molar-refractivity contribution in [3.63, 3.8) is 0 Å². The van der Waals surface area contributed by atoms with Gasteiger partial charge in [-0.15, -0.1) is 0 Å². The maximum absolute atomic E-state index is 12.2. The number of para-hydroxylation sites is 1. The molecule has 0 aliphatic carbocycles. The van der Waals surface area contributed by atoms with E-state index in [0.29, 0.717) is 6.54 Å². The van der Waals surface area contributed by atoms with Crippen LogP contribution in [-0.4, -0.2) is 9.13 Å². The fraction of sp³-hybridized carbons (Fsp3) is 0.250. The molecule has 0 bridgehead atoms. The molecule has 4 nitrogen and oxygen atoms in total. The van der Waals surface area contributed by atoms with Gasteiger partial charge in [-0.25, -0.2) is 0 Å². The van der Waals surface area contributed by atoms with Crippen molar-refractivity contribution in [2.45, 2.75) is 26.8 Å². The highest BCUT2D eigenvalue weighted by molar-refractivity contribution is 5.40. The van der Waals surface area contributed by atoms with Crippen LogP contribution in [-0.2, 0) is 13.0 Å². The molecule has 2 aromatic rings. The number of benzene rings is 1. The molecule has 20 heavy (non-hydrogen) atoms. The predicted octanol–water partition coefficient (Wildman–Crippen LogP) is 2.14. The van der Waals surface area contributed by atoms with Gasteiger partial charge in [0.25, 0.3) is 0 Å². The first-order chi connectivity index (χ1) is 9.54. The number of hydrogen-bond donors (Lipinski definition) is 0. The molecule has 0 fully saturated rings. The van der Waals surface area contributed by atoms with Crippen molar-refractivity contribution in [2.24, 2.45) is 0 Å². The molecule has 0 amide bonds. The monoisotopic (exact) mass is 270 g/mol. The van der Waals surface area contributed by atoms with Crippen molar-refractivity contribution >= 4 is 0 Å². The van der Waals surface area contributed by atoms with Crippen molar-refractivity contribution in [1.82, 2.24) is 9.13 Å². The topological polar surface area (TPSA) is 44.0 Å². The molecule has 1 aromatic carbocycles. The molecule has 0 atom stereocenters. The average Bonchev–Trinajstić information content (AvgIpc) is 2.44. The smallest absolute Gasteiger partial charge is 0.305 e. The van der Waals surface area contributed by atoms with Crippen molar-refractivity contribution in [1.29, 1.82) is 0 Å². The Hall–Kier alpha value is -2.36. The first-order valence-electron chi connectivity index (χ1n) is 6.59. The Bertz CT molecular complexity index is 754. The zero-order valence-corrected chi connectivity index (χ0v) is 11.8. The maximum atomic E-state index is 12.2. The van der Waals surface area contributed by atoms with Gasteiger partial charge in [-0.2, -0.15) is 0 Å². The minimum absolute atomic E-state index is 0.365. The number of hydrogen-bond acceptors (Lipinski definition) is 2. The third-order valence-electron chi connectivity index (χ3n) is 3.13. The summed E-state index contributed by atoms with van der Waals surface area (Å²) in [5.74, 6) is 0. The largest absolute Gasteiger partial charge is 0.320 e. The summed E-state index contributed by atoms with van der Waals surface area (Å²) in [4.78, 5) is 24.3. The van der Waals surface area contributed by atoms with Gasteiger partial charge < -0.3 is 4.57 Å². The van der Waals surface area contributed by atoms with Crippen LogP contribution in [0.3, 0.4) is 0 Å². The van der Waals surface area contributed by atoms with E-state index >= 15 is 0 Å². The summed E-state index contributed by atoms with van der Waals surface area (Å²) in [6, 6.07) is 7.60. The van der Waals surface area contributed by atoms with Crippen LogP contribution in [0.25, 0.3) is 5.69 Å². The van der Waals surface area contributed by atoms with Gasteiger partial charge >= 0.3 is 11.1 Å². The fourth-order valence-electron chi connectivity index (χ4n) is 2.16. The van der Waals surface area contributed by atoms with Crippen molar-refractivity contribution in [3.8, 4) is 5.69 Å². The van der Waals surface area contributed by atoms with Gasteiger partial charge in [-0.05, 0) is 25.0 Å². The van der Waals surface area contributed by atoms with Crippen LogP contribution < -0.4 is 11.1 Å². The van der Waals surface area contributed by atoms with Gasteiger partial charge in [0, 0.05) is 18.9 Å². The highest BCUT2D eigenvalue weighted by Gasteiger charge is 2.09. The molecule has 2 rings (SSSR count). The van der Waals surface area contributed by atoms with E-state index in [1.54, 1.807) is 12.4 Å². The van der Waals surface area contributed by atoms with E-state index in [0.717, 1.165) is 23.2 Å². The highest BCUT2D eigenvalue weighted by Crippen LogP contribution is 2.12. The van der Waals surface area contributed by atoms with Crippen molar-refractivity contribution in [3.05, 3.63) is 75.1 Å². The number of rotatable bonds is 4. The second-order valence-corrected chi connectivity index (χ2v) is 4.85. The second-order valence-electron chi connectivity index (χ2n) is 4.85. The van der Waals surface area contributed by atoms with Crippen LogP contribution in [0, 0.1) is 0 Å². The van der Waals surface area contributed by atoms with E-state index in [9.17, 15) is 9.59 Å². The van der Waals surface area contributed by atoms with Crippen LogP contribution in [0.2, 0.25) is 0 Å². The minimum Gasteiger partial charge on any atom is -0.305 e. The van der Waals surface area contributed by atoms with Gasteiger partial charge in [-0.1, -0.05) is 37.3 Å². The maximum Gasteiger partial charge on any atom is 0.320 e. The third kappa shape index (κ3) is 2.64. The van der Waals surface area contributed by atoms with E-state index in [2.05, 4.69) is 6.58 Å². The highest BCUT2D eigenvalue weighted by atomic mass is 16.2. The molecule has 0 aliphatic heterocycles. The molecule has 0 saturated heterocycles. The van der Waals surface area contributed by atoms with Crippen LogP contribution >= 0.6 is 0 Å². The van der Waals surface area contributed by atoms with Crippen LogP contribution in [0.1, 0.15) is 19.4 Å². The Morgan fingerprint density at radius 1 is 1.15 bits per heavy atom. The summed E-state index contributed by atoms with van der Waals surface area (Å²) in [6.07, 6.45) is 4.07. The van der Waals surface area contributed by atoms with Gasteiger partial charge in [-0.3, -0.25) is 14.2 Å². The lowest BCUT2D eigenvalue weighted by Gasteiger charge is -2.12. The lowest BCUT2D eigenvalue weighted by Crippen LogP contribution is -2.40. The first kappa shape index (κ1) is 14.1. The van der Waals surface area contributed by atoms with Gasteiger partial charge in [0.2, 0.25) is 0 Å². The molecule has 0 unspecified atom stereocenters. The Kier molecular flexibility index (Phi) is 4.03. The third-order valence-corrected chi connectivity index (χ3v) is 3.13. The number of aryl methyl sites for hydroxylation is 1. The van der Waals surface area contributed by atoms with E-state index in [1.807, 2.05) is 38.1 Å². The lowest BCUT2D eigenvalue weighted by atomic mass is 10.1. The average molecular weight is 270 g/mol. The normalized spacial score (nSPS) is 10.5. The second kappa shape index (κ2) is 5.74. The fourth-order valence-corrected chi connectivity index (χ4v) is 2.16. The zero-order valence-electron chi connectivity index (χ0n) is 11.8. The number of nitrogens with zero attached hydrogens (tertiary/aromatic N) is 2. The van der Waals surface area contributed by atoms with Gasteiger partial charge in [0.05, 0.1) is 5.69 Å². The Balaban J connectivity index is 2.60. The SMILES string of the molecule is C=C(C)Cn1ccn(-c2ccccc2CC)c(=O)c1=O. The summed E-state index contributed by atoms with van der Waals surface area (Å²) in [5, 5.41) is 0. The summed E-state index contributed by atoms with van der Waals surface area (Å²) >= 11 is 0. The Labute approximate surface area is 117 Å². The number of allylic oxidation sites excluding steroid dienone is 1. The van der Waals surface area contributed by atoms with E-state index in [4.69, 9.17) is 0 Å². The summed E-state index contributed by atoms with van der Waals surface area (Å²) in [7, 11) is 0. The minimum atomic E-state index is -0.533. The van der Waals surface area contributed by atoms with E-state index in [1.165, 1.54) is 9.13 Å². The van der Waals surface area contributed by atoms with E-state index in [-0.39, 0.29) is 0 Å². The summed E-state index contributed by atoms with van der Waals surface area (Å²) < 4.78 is 2.80. The molecule has 0 saturated carbocycles. The molecule has 0 radical (unpaired) electrons. The molecule has 1 aromatic heterocycles. The molecular weight excluding hydrogens is 252 g/mol. The Morgan fingerprint density at radius 2 is 1.85 bits per heavy atom. The first-order valence-corrected chi connectivity index (χ1v) is 6.59. The molecule has 0 aliphatic rings. The summed E-state index contributed by atoms with van der Waals surface area (Å²) in [6.45, 7) is 7.97. The van der Waals surface area contributed by atoms with Crippen molar-refractivity contribution in [2.75, 3.05) is 0 Å². The number of aromatic nitrogens is 2. The predicted molar refractivity (Wildman–Crippen MR) is 80.5 cm³/mol. The van der Waals surface area contributed by atoms with Crippen LogP contribution in [0.4, 0.5) is 0 Å². The van der Waals surface area contributed by atoms with Crippen molar-refractivity contribution < 1.29 is 0 Å². The van der Waals surface area contributed by atoms with Gasteiger partial charge in [0.15, 0.2) is 0 Å². The molecule has 104 valence electrons. The zero-order chi connectivity index (χ0) is 14.7. The van der Waals surface area contributed by atoms with Crippen LogP contribution in [0.15, 0.2) is 58.4 Å². The molecule has 0 spiro atoms. The van der Waals surface area contributed by atoms with Crippen LogP contribution in [0.5, 0.6) is 0 Å². The lowest BCUT2D eigenvalue weighted by molar-refractivity contribution is 0.709. The quantitative estimate of drug-likeness (QED) is 0.631.